The lowest BCUT2D eigenvalue weighted by Crippen LogP contribution is -2.08. The largest absolute Gasteiger partial charge is 0.346 e. The van der Waals surface area contributed by atoms with E-state index in [2.05, 4.69) is 24.3 Å². The molecule has 0 atom stereocenters. The highest BCUT2D eigenvalue weighted by Gasteiger charge is 2.28. The minimum absolute atomic E-state index is 0.317. The lowest BCUT2D eigenvalue weighted by Gasteiger charge is -2.19. The van der Waals surface area contributed by atoms with Crippen LogP contribution < -0.4 is 0 Å². The molecular formula is C16H16O4. The van der Waals surface area contributed by atoms with Crippen LogP contribution in [0.1, 0.15) is 23.7 Å². The van der Waals surface area contributed by atoms with Gasteiger partial charge in [-0.3, -0.25) is 0 Å². The molecule has 0 bridgehead atoms. The molecule has 2 saturated heterocycles. The van der Waals surface area contributed by atoms with Gasteiger partial charge in [-0.05, 0) is 22.9 Å². The first-order valence-corrected chi connectivity index (χ1v) is 6.91. The molecule has 0 radical (unpaired) electrons. The van der Waals surface area contributed by atoms with Crippen LogP contribution in [0.3, 0.4) is 0 Å². The van der Waals surface area contributed by atoms with Crippen molar-refractivity contribution < 1.29 is 18.9 Å². The summed E-state index contributed by atoms with van der Waals surface area (Å²) in [7, 11) is 0. The smallest absolute Gasteiger partial charge is 0.184 e. The van der Waals surface area contributed by atoms with Gasteiger partial charge in [0.25, 0.3) is 0 Å². The van der Waals surface area contributed by atoms with E-state index in [-0.39, 0.29) is 12.6 Å². The zero-order valence-electron chi connectivity index (χ0n) is 11.1. The Morgan fingerprint density at radius 1 is 0.650 bits per heavy atom. The van der Waals surface area contributed by atoms with Crippen LogP contribution in [0, 0.1) is 0 Å². The molecule has 2 aromatic rings. The first-order valence-electron chi connectivity index (χ1n) is 6.91. The molecular weight excluding hydrogens is 256 g/mol. The second-order valence-corrected chi connectivity index (χ2v) is 4.98. The minimum atomic E-state index is -0.317. The van der Waals surface area contributed by atoms with Crippen molar-refractivity contribution >= 4 is 10.8 Å². The Kier molecular flexibility index (Phi) is 3.16. The van der Waals surface area contributed by atoms with Crippen LogP contribution in [0.2, 0.25) is 0 Å². The van der Waals surface area contributed by atoms with E-state index in [1.165, 1.54) is 10.8 Å². The van der Waals surface area contributed by atoms with Crippen LogP contribution in [0.5, 0.6) is 0 Å². The molecule has 2 aromatic carbocycles. The van der Waals surface area contributed by atoms with Crippen LogP contribution >= 0.6 is 0 Å². The zero-order valence-corrected chi connectivity index (χ0v) is 11.1. The average molecular weight is 272 g/mol. The minimum Gasteiger partial charge on any atom is -0.346 e. The van der Waals surface area contributed by atoms with Gasteiger partial charge in [0.1, 0.15) is 0 Å². The molecule has 0 unspecified atom stereocenters. The van der Waals surface area contributed by atoms with E-state index in [4.69, 9.17) is 18.9 Å². The third-order valence-electron chi connectivity index (χ3n) is 3.70. The average Bonchev–Trinajstić information content (AvgIpc) is 3.19. The third kappa shape index (κ3) is 2.11. The quantitative estimate of drug-likeness (QED) is 0.842. The second-order valence-electron chi connectivity index (χ2n) is 4.98. The van der Waals surface area contributed by atoms with E-state index in [1.54, 1.807) is 0 Å². The number of rotatable bonds is 2. The van der Waals surface area contributed by atoms with E-state index in [0.717, 1.165) is 11.1 Å². The maximum Gasteiger partial charge on any atom is 0.184 e. The summed E-state index contributed by atoms with van der Waals surface area (Å²) in [5.41, 5.74) is 2.02. The normalized spacial score (nSPS) is 21.0. The first-order chi connectivity index (χ1) is 9.92. The maximum atomic E-state index is 5.65. The molecule has 4 heteroatoms. The van der Waals surface area contributed by atoms with Crippen molar-refractivity contribution in [3.8, 4) is 0 Å². The molecule has 2 heterocycles. The lowest BCUT2D eigenvalue weighted by molar-refractivity contribution is -0.0635. The van der Waals surface area contributed by atoms with E-state index in [0.29, 0.717) is 26.4 Å². The number of hydrogen-bond donors (Lipinski definition) is 0. The molecule has 2 aliphatic heterocycles. The van der Waals surface area contributed by atoms with Gasteiger partial charge in [0.05, 0.1) is 26.4 Å². The standard InChI is InChI=1S/C16H16O4/c1-2-4-12-10-14(16-19-7-8-20-16)13(9-11(12)3-1)15-17-5-6-18-15/h1-4,9-10,15-16H,5-8H2. The van der Waals surface area contributed by atoms with E-state index in [1.807, 2.05) is 12.1 Å². The van der Waals surface area contributed by atoms with Crippen molar-refractivity contribution in [1.82, 2.24) is 0 Å². The lowest BCUT2D eigenvalue weighted by atomic mass is 10.00. The van der Waals surface area contributed by atoms with Gasteiger partial charge in [0.2, 0.25) is 0 Å². The van der Waals surface area contributed by atoms with E-state index >= 15 is 0 Å². The molecule has 0 aromatic heterocycles. The Balaban J connectivity index is 1.85. The van der Waals surface area contributed by atoms with E-state index in [9.17, 15) is 0 Å². The summed E-state index contributed by atoms with van der Waals surface area (Å²) in [5.74, 6) is 0. The topological polar surface area (TPSA) is 36.9 Å². The zero-order chi connectivity index (χ0) is 13.4. The number of ether oxygens (including phenoxy) is 4. The fraction of sp³-hybridized carbons (Fsp3) is 0.375. The third-order valence-corrected chi connectivity index (χ3v) is 3.70. The van der Waals surface area contributed by atoms with Gasteiger partial charge in [-0.15, -0.1) is 0 Å². The fourth-order valence-corrected chi connectivity index (χ4v) is 2.76. The summed E-state index contributed by atoms with van der Waals surface area (Å²) in [4.78, 5) is 0. The highest BCUT2D eigenvalue weighted by atomic mass is 16.7. The summed E-state index contributed by atoms with van der Waals surface area (Å²) < 4.78 is 22.6. The summed E-state index contributed by atoms with van der Waals surface area (Å²) in [6.07, 6.45) is -0.634. The van der Waals surface area contributed by atoms with Crippen molar-refractivity contribution in [2.24, 2.45) is 0 Å². The Morgan fingerprint density at radius 2 is 1.05 bits per heavy atom. The summed E-state index contributed by atoms with van der Waals surface area (Å²) >= 11 is 0. The van der Waals surface area contributed by atoms with Crippen LogP contribution in [-0.4, -0.2) is 26.4 Å². The molecule has 0 amide bonds. The molecule has 0 N–H and O–H groups in total. The van der Waals surface area contributed by atoms with Crippen molar-refractivity contribution in [2.75, 3.05) is 26.4 Å². The van der Waals surface area contributed by atoms with Crippen molar-refractivity contribution in [2.45, 2.75) is 12.6 Å². The fourth-order valence-electron chi connectivity index (χ4n) is 2.76. The van der Waals surface area contributed by atoms with Gasteiger partial charge in [0, 0.05) is 11.1 Å². The summed E-state index contributed by atoms with van der Waals surface area (Å²) in [6.45, 7) is 2.51. The summed E-state index contributed by atoms with van der Waals surface area (Å²) in [5, 5.41) is 2.34. The van der Waals surface area contributed by atoms with Crippen molar-refractivity contribution in [1.29, 1.82) is 0 Å². The van der Waals surface area contributed by atoms with Crippen molar-refractivity contribution in [3.63, 3.8) is 0 Å². The monoisotopic (exact) mass is 272 g/mol. The van der Waals surface area contributed by atoms with Gasteiger partial charge < -0.3 is 18.9 Å². The maximum absolute atomic E-state index is 5.65. The predicted molar refractivity (Wildman–Crippen MR) is 73.2 cm³/mol. The molecule has 20 heavy (non-hydrogen) atoms. The molecule has 0 aliphatic carbocycles. The highest BCUT2D eigenvalue weighted by Crippen LogP contribution is 2.36. The Labute approximate surface area is 117 Å². The molecule has 0 spiro atoms. The van der Waals surface area contributed by atoms with Crippen LogP contribution in [0.25, 0.3) is 10.8 Å². The highest BCUT2D eigenvalue weighted by molar-refractivity contribution is 5.84. The molecule has 4 nitrogen and oxygen atoms in total. The Hall–Kier alpha value is -1.46. The Bertz CT molecular complexity index is 558. The number of hydrogen-bond acceptors (Lipinski definition) is 4. The number of benzene rings is 2. The van der Waals surface area contributed by atoms with Crippen molar-refractivity contribution in [3.05, 3.63) is 47.5 Å². The van der Waals surface area contributed by atoms with Crippen LogP contribution in [0.4, 0.5) is 0 Å². The van der Waals surface area contributed by atoms with Gasteiger partial charge in [0.15, 0.2) is 12.6 Å². The second kappa shape index (κ2) is 5.14. The SMILES string of the molecule is c1ccc2cc(C3OCCO3)c(C3OCCO3)cc2c1. The molecule has 2 aliphatic rings. The number of fused-ring (bicyclic) bond motifs is 1. The predicted octanol–water partition coefficient (Wildman–Crippen LogP) is 2.93. The summed E-state index contributed by atoms with van der Waals surface area (Å²) in [6, 6.07) is 12.5. The van der Waals surface area contributed by atoms with Gasteiger partial charge in [-0.2, -0.15) is 0 Å². The van der Waals surface area contributed by atoms with E-state index < -0.39 is 0 Å². The molecule has 4 rings (SSSR count). The van der Waals surface area contributed by atoms with Crippen LogP contribution in [-0.2, 0) is 18.9 Å². The Morgan fingerprint density at radius 3 is 1.45 bits per heavy atom. The molecule has 2 fully saturated rings. The van der Waals surface area contributed by atoms with Gasteiger partial charge in [-0.25, -0.2) is 0 Å². The van der Waals surface area contributed by atoms with Gasteiger partial charge >= 0.3 is 0 Å². The molecule has 0 saturated carbocycles. The molecule has 104 valence electrons. The first kappa shape index (κ1) is 12.3. The van der Waals surface area contributed by atoms with Gasteiger partial charge in [-0.1, -0.05) is 24.3 Å². The van der Waals surface area contributed by atoms with Crippen LogP contribution in [0.15, 0.2) is 36.4 Å².